The number of esters is 3. The Morgan fingerprint density at radius 3 is 0.969 bits per heavy atom. The van der Waals surface area contributed by atoms with Crippen LogP contribution in [0.2, 0.25) is 0 Å². The molecule has 0 bridgehead atoms. The number of carbonyl (C=O) groups excluding carboxylic acids is 3. The van der Waals surface area contributed by atoms with Crippen LogP contribution in [0.4, 0.5) is 0 Å². The number of ether oxygens (including phenoxy) is 3. The fraction of sp³-hybridized carbons (Fsp3) is 0.741. The van der Waals surface area contributed by atoms with E-state index in [2.05, 4.69) is 93.7 Å². The van der Waals surface area contributed by atoms with Crippen LogP contribution in [-0.2, 0) is 28.6 Å². The minimum Gasteiger partial charge on any atom is -0.462 e. The third kappa shape index (κ3) is 49.9. The SMILES string of the molecule is CC/C=C\C/C=C\C/C=C\CCCCCCCC(=O)OC(COC(=O)CCCCC/C=C\C/C=C\C/C=C\CC)COC(=O)CCCCCCCCCCCCCCCCCCCC. The van der Waals surface area contributed by atoms with Crippen LogP contribution in [0, 0.1) is 0 Å². The van der Waals surface area contributed by atoms with E-state index in [0.717, 1.165) is 122 Å². The summed E-state index contributed by atoms with van der Waals surface area (Å²) < 4.78 is 16.8. The highest BCUT2D eigenvalue weighted by Crippen LogP contribution is 2.16. The van der Waals surface area contributed by atoms with E-state index in [1.807, 2.05) is 0 Å². The first-order valence-electron chi connectivity index (χ1n) is 26.9. The number of allylic oxidation sites excluding steroid dienone is 12. The van der Waals surface area contributed by atoms with E-state index in [0.29, 0.717) is 19.3 Å². The Hall–Kier alpha value is -3.15. The van der Waals surface area contributed by atoms with Crippen molar-refractivity contribution >= 4 is 17.9 Å². The molecule has 0 saturated heterocycles. The third-order valence-electron chi connectivity index (χ3n) is 11.5. The lowest BCUT2D eigenvalue weighted by atomic mass is 10.0. The highest BCUT2D eigenvalue weighted by Gasteiger charge is 2.19. The number of hydrogen-bond donors (Lipinski definition) is 0. The Labute approximate surface area is 395 Å². The lowest BCUT2D eigenvalue weighted by Gasteiger charge is -2.18. The van der Waals surface area contributed by atoms with Crippen molar-refractivity contribution < 1.29 is 28.6 Å². The maximum atomic E-state index is 12.8. The summed E-state index contributed by atoms with van der Waals surface area (Å²) in [7, 11) is 0. The molecule has 0 amide bonds. The van der Waals surface area contributed by atoms with E-state index in [1.165, 1.54) is 96.3 Å². The summed E-state index contributed by atoms with van der Waals surface area (Å²) in [5.41, 5.74) is 0. The Bertz CT molecular complexity index is 1210. The summed E-state index contributed by atoms with van der Waals surface area (Å²) in [6, 6.07) is 0. The monoisotopic (exact) mass is 893 g/mol. The number of unbranched alkanes of at least 4 members (excludes halogenated alkanes) is 25. The van der Waals surface area contributed by atoms with E-state index in [-0.39, 0.29) is 31.1 Å². The Kier molecular flexibility index (Phi) is 49.9. The van der Waals surface area contributed by atoms with Gasteiger partial charge in [-0.25, -0.2) is 0 Å². The summed E-state index contributed by atoms with van der Waals surface area (Å²) in [5, 5.41) is 0. The van der Waals surface area contributed by atoms with Gasteiger partial charge in [0.2, 0.25) is 0 Å². The molecule has 0 aliphatic rings. The fourth-order valence-electron chi connectivity index (χ4n) is 7.47. The van der Waals surface area contributed by atoms with Gasteiger partial charge < -0.3 is 14.2 Å². The molecule has 0 aliphatic heterocycles. The maximum absolute atomic E-state index is 12.8. The van der Waals surface area contributed by atoms with Crippen LogP contribution in [0.15, 0.2) is 72.9 Å². The van der Waals surface area contributed by atoms with Crippen molar-refractivity contribution in [3.63, 3.8) is 0 Å². The molecule has 64 heavy (non-hydrogen) atoms. The van der Waals surface area contributed by atoms with Crippen molar-refractivity contribution in [2.75, 3.05) is 13.2 Å². The summed E-state index contributed by atoms with van der Waals surface area (Å²) in [6.07, 6.45) is 66.1. The highest BCUT2D eigenvalue weighted by molar-refractivity contribution is 5.71. The van der Waals surface area contributed by atoms with E-state index in [9.17, 15) is 14.4 Å². The molecule has 0 heterocycles. The van der Waals surface area contributed by atoms with Crippen molar-refractivity contribution in [3.8, 4) is 0 Å². The van der Waals surface area contributed by atoms with Gasteiger partial charge in [0, 0.05) is 19.3 Å². The van der Waals surface area contributed by atoms with E-state index in [1.54, 1.807) is 0 Å². The summed E-state index contributed by atoms with van der Waals surface area (Å²) >= 11 is 0. The highest BCUT2D eigenvalue weighted by atomic mass is 16.6. The zero-order chi connectivity index (χ0) is 46.5. The molecule has 6 heteroatoms. The standard InChI is InChI=1S/C58H100O6/c1-4-7-10-13-16-19-22-25-27-28-29-31-33-36-39-42-45-48-51-57(60)63-54-55(53-62-56(59)50-47-44-41-38-35-32-24-21-18-15-12-9-6-3)64-58(61)52-49-46-43-40-37-34-30-26-23-20-17-14-11-8-5-2/h8-9,11-12,17-18,20-21,26,30,32,35,55H,4-7,10,13-16,19,22-25,27-29,31,33-34,36-54H2,1-3H3/b11-8-,12-9-,20-17-,21-18-,30-26-,35-32-. The molecule has 6 nitrogen and oxygen atoms in total. The summed E-state index contributed by atoms with van der Waals surface area (Å²) in [4.78, 5) is 38.0. The summed E-state index contributed by atoms with van der Waals surface area (Å²) in [5.74, 6) is -0.932. The van der Waals surface area contributed by atoms with Crippen LogP contribution in [0.1, 0.15) is 258 Å². The molecule has 0 aromatic rings. The van der Waals surface area contributed by atoms with Gasteiger partial charge in [-0.2, -0.15) is 0 Å². The fourth-order valence-corrected chi connectivity index (χ4v) is 7.47. The van der Waals surface area contributed by atoms with Gasteiger partial charge in [0.25, 0.3) is 0 Å². The normalized spacial score (nSPS) is 12.6. The maximum Gasteiger partial charge on any atom is 0.306 e. The molecule has 0 aliphatic carbocycles. The van der Waals surface area contributed by atoms with E-state index >= 15 is 0 Å². The van der Waals surface area contributed by atoms with Crippen LogP contribution in [-0.4, -0.2) is 37.2 Å². The first-order chi connectivity index (χ1) is 31.5. The van der Waals surface area contributed by atoms with Gasteiger partial charge in [0.1, 0.15) is 13.2 Å². The molecular formula is C58H100O6. The van der Waals surface area contributed by atoms with Crippen LogP contribution < -0.4 is 0 Å². The van der Waals surface area contributed by atoms with Gasteiger partial charge in [0.05, 0.1) is 0 Å². The van der Waals surface area contributed by atoms with Gasteiger partial charge in [-0.15, -0.1) is 0 Å². The van der Waals surface area contributed by atoms with Crippen molar-refractivity contribution in [3.05, 3.63) is 72.9 Å². The molecule has 1 unspecified atom stereocenters. The second-order valence-electron chi connectivity index (χ2n) is 17.7. The molecule has 0 radical (unpaired) electrons. The molecule has 1 atom stereocenters. The molecular weight excluding hydrogens is 793 g/mol. The minimum absolute atomic E-state index is 0.0902. The zero-order valence-corrected chi connectivity index (χ0v) is 42.0. The van der Waals surface area contributed by atoms with Gasteiger partial charge in [-0.3, -0.25) is 14.4 Å². The number of rotatable bonds is 48. The Morgan fingerprint density at radius 1 is 0.328 bits per heavy atom. The third-order valence-corrected chi connectivity index (χ3v) is 11.5. The van der Waals surface area contributed by atoms with Gasteiger partial charge in [0.15, 0.2) is 6.10 Å². The zero-order valence-electron chi connectivity index (χ0n) is 42.0. The van der Waals surface area contributed by atoms with E-state index in [4.69, 9.17) is 14.2 Å². The largest absolute Gasteiger partial charge is 0.462 e. The molecule has 0 N–H and O–H groups in total. The average molecular weight is 893 g/mol. The van der Waals surface area contributed by atoms with Crippen LogP contribution in [0.5, 0.6) is 0 Å². The topological polar surface area (TPSA) is 78.9 Å². The lowest BCUT2D eigenvalue weighted by Crippen LogP contribution is -2.30. The molecule has 368 valence electrons. The first-order valence-corrected chi connectivity index (χ1v) is 26.9. The van der Waals surface area contributed by atoms with Crippen molar-refractivity contribution in [2.24, 2.45) is 0 Å². The minimum atomic E-state index is -0.794. The predicted molar refractivity (Wildman–Crippen MR) is 274 cm³/mol. The molecule has 0 saturated carbocycles. The molecule has 0 spiro atoms. The molecule has 0 fully saturated rings. The lowest BCUT2D eigenvalue weighted by molar-refractivity contribution is -0.167. The van der Waals surface area contributed by atoms with E-state index < -0.39 is 6.10 Å². The van der Waals surface area contributed by atoms with Gasteiger partial charge in [-0.05, 0) is 83.5 Å². The smallest absolute Gasteiger partial charge is 0.306 e. The first kappa shape index (κ1) is 60.9. The van der Waals surface area contributed by atoms with Gasteiger partial charge >= 0.3 is 17.9 Å². The number of hydrogen-bond acceptors (Lipinski definition) is 6. The number of carbonyl (C=O) groups is 3. The summed E-state index contributed by atoms with van der Waals surface area (Å²) in [6.45, 7) is 6.39. The Morgan fingerprint density at radius 2 is 0.609 bits per heavy atom. The molecule has 0 aromatic heterocycles. The van der Waals surface area contributed by atoms with Crippen LogP contribution in [0.3, 0.4) is 0 Å². The second kappa shape index (κ2) is 52.5. The predicted octanol–water partition coefficient (Wildman–Crippen LogP) is 17.8. The van der Waals surface area contributed by atoms with Crippen LogP contribution in [0.25, 0.3) is 0 Å². The van der Waals surface area contributed by atoms with Crippen molar-refractivity contribution in [1.29, 1.82) is 0 Å². The second-order valence-corrected chi connectivity index (χ2v) is 17.7. The van der Waals surface area contributed by atoms with Crippen molar-refractivity contribution in [2.45, 2.75) is 264 Å². The molecule has 0 rings (SSSR count). The molecule has 0 aromatic carbocycles. The van der Waals surface area contributed by atoms with Crippen LogP contribution >= 0.6 is 0 Å². The Balaban J connectivity index is 4.40. The van der Waals surface area contributed by atoms with Gasteiger partial charge in [-0.1, -0.05) is 229 Å². The average Bonchev–Trinajstić information content (AvgIpc) is 3.29. The quantitative estimate of drug-likeness (QED) is 0.0262. The van der Waals surface area contributed by atoms with Crippen molar-refractivity contribution in [1.82, 2.24) is 0 Å².